The normalized spacial score (nSPS) is 21.8. The smallest absolute Gasteiger partial charge is 0.342 e. The van der Waals surface area contributed by atoms with Crippen LogP contribution in [0.1, 0.15) is 21.6 Å². The first kappa shape index (κ1) is 21.4. The summed E-state index contributed by atoms with van der Waals surface area (Å²) in [5.41, 5.74) is -6.37. The summed E-state index contributed by atoms with van der Waals surface area (Å²) in [6.07, 6.45) is -5.47. The molecule has 1 aliphatic rings. The van der Waals surface area contributed by atoms with E-state index in [0.29, 0.717) is 24.4 Å². The number of nitrogens with one attached hydrogen (secondary N) is 1. The van der Waals surface area contributed by atoms with Crippen molar-refractivity contribution >= 4 is 5.91 Å². The van der Waals surface area contributed by atoms with Gasteiger partial charge in [-0.25, -0.2) is 4.39 Å². The van der Waals surface area contributed by atoms with E-state index in [4.69, 9.17) is 0 Å². The highest BCUT2D eigenvalue weighted by Gasteiger charge is 2.46. The second kappa shape index (κ2) is 7.50. The van der Waals surface area contributed by atoms with Crippen LogP contribution in [0.15, 0.2) is 60.6 Å². The molecule has 5 nitrogen and oxygen atoms in total. The van der Waals surface area contributed by atoms with Crippen LogP contribution in [0, 0.1) is 0 Å². The first-order chi connectivity index (χ1) is 13.9. The predicted molar refractivity (Wildman–Crippen MR) is 88.6 cm³/mol. The maximum absolute atomic E-state index is 15.9. The number of amides is 1. The molecule has 2 heterocycles. The van der Waals surface area contributed by atoms with E-state index in [2.05, 4.69) is 20.5 Å². The van der Waals surface area contributed by atoms with Gasteiger partial charge in [0.2, 0.25) is 0 Å². The van der Waals surface area contributed by atoms with Gasteiger partial charge in [0.15, 0.2) is 5.67 Å². The van der Waals surface area contributed by atoms with Crippen molar-refractivity contribution in [2.45, 2.75) is 24.1 Å². The van der Waals surface area contributed by atoms with Crippen molar-refractivity contribution in [1.82, 2.24) is 20.5 Å². The molecule has 0 aliphatic heterocycles. The molecular weight excluding hydrogens is 421 g/mol. The Hall–Kier alpha value is -3.31. The fourth-order valence-corrected chi connectivity index (χ4v) is 2.73. The SMILES string of the molecule is O=C(NC1C=CC(C(F)(F)F)=CC1(F)c1ccc(C(F)(F)F)nc1)c1ccnnc1. The van der Waals surface area contributed by atoms with E-state index < -0.39 is 46.8 Å². The van der Waals surface area contributed by atoms with Gasteiger partial charge in [0.25, 0.3) is 5.91 Å². The summed E-state index contributed by atoms with van der Waals surface area (Å²) in [5, 5.41) is 9.14. The van der Waals surface area contributed by atoms with Gasteiger partial charge < -0.3 is 5.32 Å². The monoisotopic (exact) mass is 432 g/mol. The third-order valence-electron chi connectivity index (χ3n) is 4.24. The summed E-state index contributed by atoms with van der Waals surface area (Å²) in [4.78, 5) is 15.4. The number of alkyl halides is 7. The van der Waals surface area contributed by atoms with Crippen molar-refractivity contribution in [2.75, 3.05) is 0 Å². The molecule has 1 amide bonds. The van der Waals surface area contributed by atoms with Gasteiger partial charge in [0.05, 0.1) is 29.6 Å². The van der Waals surface area contributed by atoms with Crippen LogP contribution in [-0.2, 0) is 11.8 Å². The quantitative estimate of drug-likeness (QED) is 0.747. The molecule has 0 saturated heterocycles. The van der Waals surface area contributed by atoms with Crippen LogP contribution in [-0.4, -0.2) is 33.3 Å². The van der Waals surface area contributed by atoms with Crippen molar-refractivity contribution in [1.29, 1.82) is 0 Å². The van der Waals surface area contributed by atoms with Gasteiger partial charge in [-0.1, -0.05) is 18.2 Å². The molecule has 30 heavy (non-hydrogen) atoms. The average molecular weight is 432 g/mol. The van der Waals surface area contributed by atoms with E-state index >= 15 is 4.39 Å². The Morgan fingerprint density at radius 2 is 1.73 bits per heavy atom. The van der Waals surface area contributed by atoms with E-state index in [1.807, 2.05) is 0 Å². The second-order valence-corrected chi connectivity index (χ2v) is 6.24. The highest BCUT2D eigenvalue weighted by Crippen LogP contribution is 2.41. The largest absolute Gasteiger partial charge is 0.433 e. The number of pyridine rings is 1. The number of allylic oxidation sites excluding steroid dienone is 2. The Bertz CT molecular complexity index is 984. The molecule has 1 N–H and O–H groups in total. The Labute approximate surface area is 164 Å². The molecule has 0 bridgehead atoms. The summed E-state index contributed by atoms with van der Waals surface area (Å²) in [6.45, 7) is 0. The third kappa shape index (κ3) is 4.31. The lowest BCUT2D eigenvalue weighted by Crippen LogP contribution is -2.48. The number of aromatic nitrogens is 3. The van der Waals surface area contributed by atoms with Crippen LogP contribution in [0.4, 0.5) is 30.7 Å². The lowest BCUT2D eigenvalue weighted by atomic mass is 9.83. The predicted octanol–water partition coefficient (Wildman–Crippen LogP) is 3.91. The first-order valence-corrected chi connectivity index (χ1v) is 8.20. The molecule has 158 valence electrons. The van der Waals surface area contributed by atoms with Crippen LogP contribution >= 0.6 is 0 Å². The zero-order chi connectivity index (χ0) is 22.2. The number of carbonyl (C=O) groups excluding carboxylic acids is 1. The van der Waals surface area contributed by atoms with Gasteiger partial charge >= 0.3 is 12.4 Å². The van der Waals surface area contributed by atoms with Gasteiger partial charge in [-0.2, -0.15) is 36.5 Å². The standard InChI is InChI=1S/C18H11F7N4O/c19-16(12-2-4-14(26-9-12)18(23,24)25)7-11(17(20,21)22)1-3-13(16)29-15(30)10-5-6-27-28-8-10/h1-9,13H,(H,29,30). The number of hydrogen-bond donors (Lipinski definition) is 1. The van der Waals surface area contributed by atoms with Crippen LogP contribution in [0.3, 0.4) is 0 Å². The fraction of sp³-hybridized carbons (Fsp3) is 0.222. The maximum Gasteiger partial charge on any atom is 0.433 e. The van der Waals surface area contributed by atoms with Crippen molar-refractivity contribution in [2.24, 2.45) is 0 Å². The minimum absolute atomic E-state index is 0.0445. The van der Waals surface area contributed by atoms with E-state index in [-0.39, 0.29) is 11.6 Å². The number of halogens is 7. The lowest BCUT2D eigenvalue weighted by molar-refractivity contribution is -0.141. The summed E-state index contributed by atoms with van der Waals surface area (Å²) in [6, 6.07) is 0.697. The number of hydrogen-bond acceptors (Lipinski definition) is 4. The third-order valence-corrected chi connectivity index (χ3v) is 4.24. The van der Waals surface area contributed by atoms with Crippen molar-refractivity contribution < 1.29 is 35.5 Å². The molecule has 0 spiro atoms. The van der Waals surface area contributed by atoms with Gasteiger partial charge in [-0.05, 0) is 18.2 Å². The van der Waals surface area contributed by atoms with E-state index in [1.165, 1.54) is 12.3 Å². The van der Waals surface area contributed by atoms with Crippen molar-refractivity contribution in [3.8, 4) is 0 Å². The van der Waals surface area contributed by atoms with Crippen molar-refractivity contribution in [3.63, 3.8) is 0 Å². The Kier molecular flexibility index (Phi) is 5.35. The van der Waals surface area contributed by atoms with Crippen LogP contribution in [0.25, 0.3) is 0 Å². The molecule has 1 aliphatic carbocycles. The molecule has 0 saturated carbocycles. The van der Waals surface area contributed by atoms with Crippen molar-refractivity contribution in [3.05, 3.63) is 77.4 Å². The molecule has 3 rings (SSSR count). The first-order valence-electron chi connectivity index (χ1n) is 8.20. The summed E-state index contributed by atoms with van der Waals surface area (Å²) < 4.78 is 93.4. The fourth-order valence-electron chi connectivity index (χ4n) is 2.73. The number of rotatable bonds is 3. The Balaban J connectivity index is 2.00. The molecule has 2 aromatic rings. The molecule has 0 fully saturated rings. The summed E-state index contributed by atoms with van der Waals surface area (Å²) >= 11 is 0. The average Bonchev–Trinajstić information content (AvgIpc) is 2.69. The van der Waals surface area contributed by atoms with Gasteiger partial charge in [0.1, 0.15) is 5.69 Å². The topological polar surface area (TPSA) is 67.8 Å². The van der Waals surface area contributed by atoms with Gasteiger partial charge in [-0.3, -0.25) is 9.78 Å². The van der Waals surface area contributed by atoms with Crippen LogP contribution < -0.4 is 5.32 Å². The minimum Gasteiger partial charge on any atom is -0.342 e. The summed E-state index contributed by atoms with van der Waals surface area (Å²) in [7, 11) is 0. The van der Waals surface area contributed by atoms with Crippen LogP contribution in [0.5, 0.6) is 0 Å². The summed E-state index contributed by atoms with van der Waals surface area (Å²) in [5.74, 6) is -0.870. The maximum atomic E-state index is 15.9. The van der Waals surface area contributed by atoms with E-state index in [1.54, 1.807) is 0 Å². The molecule has 0 aromatic carbocycles. The second-order valence-electron chi connectivity index (χ2n) is 6.24. The zero-order valence-corrected chi connectivity index (χ0v) is 14.7. The molecule has 2 aromatic heterocycles. The molecular formula is C18H11F7N4O. The highest BCUT2D eigenvalue weighted by molar-refractivity contribution is 5.94. The molecule has 2 atom stereocenters. The zero-order valence-electron chi connectivity index (χ0n) is 14.7. The lowest BCUT2D eigenvalue weighted by Gasteiger charge is -2.34. The van der Waals surface area contributed by atoms with E-state index in [9.17, 15) is 31.1 Å². The molecule has 2 unspecified atom stereocenters. The van der Waals surface area contributed by atoms with Gasteiger partial charge in [-0.15, -0.1) is 0 Å². The number of nitrogens with zero attached hydrogens (tertiary/aromatic N) is 3. The number of carbonyl (C=O) groups is 1. The molecule has 12 heteroatoms. The van der Waals surface area contributed by atoms with E-state index in [0.717, 1.165) is 12.3 Å². The van der Waals surface area contributed by atoms with Gasteiger partial charge in [0, 0.05) is 11.8 Å². The highest BCUT2D eigenvalue weighted by atomic mass is 19.4. The van der Waals surface area contributed by atoms with Crippen LogP contribution in [0.2, 0.25) is 0 Å². The Morgan fingerprint density at radius 3 is 2.27 bits per heavy atom. The minimum atomic E-state index is -4.92. The Morgan fingerprint density at radius 1 is 1.00 bits per heavy atom. The molecule has 0 radical (unpaired) electrons.